The van der Waals surface area contributed by atoms with Crippen LogP contribution in [0.4, 0.5) is 5.69 Å². The highest BCUT2D eigenvalue weighted by Gasteiger charge is 2.35. The molecule has 0 unspecified atom stereocenters. The van der Waals surface area contributed by atoms with E-state index in [4.69, 9.17) is 0 Å². The zero-order valence-electron chi connectivity index (χ0n) is 15.4. The molecule has 2 aliphatic heterocycles. The lowest BCUT2D eigenvalue weighted by Crippen LogP contribution is -2.51. The molecule has 0 aliphatic carbocycles. The molecule has 3 heterocycles. The highest BCUT2D eigenvalue weighted by atomic mass is 32.2. The van der Waals surface area contributed by atoms with Crippen molar-refractivity contribution in [3.05, 3.63) is 54.4 Å². The molecule has 0 spiro atoms. The van der Waals surface area contributed by atoms with Crippen molar-refractivity contribution in [2.45, 2.75) is 30.4 Å². The lowest BCUT2D eigenvalue weighted by Gasteiger charge is -2.38. The number of imidazole rings is 1. The van der Waals surface area contributed by atoms with Gasteiger partial charge in [0, 0.05) is 0 Å². The van der Waals surface area contributed by atoms with Crippen molar-refractivity contribution in [2.75, 3.05) is 18.4 Å². The van der Waals surface area contributed by atoms with Crippen molar-refractivity contribution in [1.29, 1.82) is 0 Å². The maximum atomic E-state index is 12.5. The number of anilines is 1. The van der Waals surface area contributed by atoms with Crippen LogP contribution in [0.15, 0.2) is 53.4 Å². The lowest BCUT2D eigenvalue weighted by molar-refractivity contribution is 0.161. The Bertz CT molecular complexity index is 1070. The Kier molecular flexibility index (Phi) is 4.34. The Morgan fingerprint density at radius 3 is 2.61 bits per heavy atom. The summed E-state index contributed by atoms with van der Waals surface area (Å²) in [4.78, 5) is 10.7. The molecule has 0 bridgehead atoms. The van der Waals surface area contributed by atoms with Crippen LogP contribution < -0.4 is 10.0 Å². The topological polar surface area (TPSA) is 90.1 Å². The summed E-state index contributed by atoms with van der Waals surface area (Å²) in [6.07, 6.45) is 1.61. The number of nitrogens with one attached hydrogen (secondary N) is 3. The number of aromatic amines is 1. The van der Waals surface area contributed by atoms with Crippen LogP contribution >= 0.6 is 0 Å². The Hall–Kier alpha value is -2.42. The van der Waals surface area contributed by atoms with Gasteiger partial charge in [-0.3, -0.25) is 4.90 Å². The average molecular weight is 398 g/mol. The summed E-state index contributed by atoms with van der Waals surface area (Å²) in [5, 5.41) is 3.38. The summed E-state index contributed by atoms with van der Waals surface area (Å²) in [6.45, 7) is 2.63. The number of rotatable bonds is 3. The van der Waals surface area contributed by atoms with E-state index in [-0.39, 0.29) is 12.1 Å². The third kappa shape index (κ3) is 3.28. The van der Waals surface area contributed by atoms with E-state index in [1.165, 1.54) is 0 Å². The van der Waals surface area contributed by atoms with Gasteiger partial charge in [0.15, 0.2) is 0 Å². The predicted molar refractivity (Wildman–Crippen MR) is 108 cm³/mol. The van der Waals surface area contributed by atoms with E-state index in [0.717, 1.165) is 49.3 Å². The molecule has 0 amide bonds. The number of benzene rings is 2. The third-order valence-electron chi connectivity index (χ3n) is 5.69. The van der Waals surface area contributed by atoms with Gasteiger partial charge in [-0.15, -0.1) is 0 Å². The van der Waals surface area contributed by atoms with Gasteiger partial charge in [0.1, 0.15) is 10.7 Å². The van der Waals surface area contributed by atoms with E-state index >= 15 is 0 Å². The van der Waals surface area contributed by atoms with Crippen LogP contribution in [-0.2, 0) is 16.6 Å². The second-order valence-corrected chi connectivity index (χ2v) is 9.24. The molecule has 3 N–H and O–H groups in total. The van der Waals surface area contributed by atoms with Crippen molar-refractivity contribution in [1.82, 2.24) is 19.6 Å². The number of likely N-dealkylation sites (tertiary alicyclic amines) is 1. The van der Waals surface area contributed by atoms with E-state index < -0.39 is 10.0 Å². The summed E-state index contributed by atoms with van der Waals surface area (Å²) >= 11 is 0. The summed E-state index contributed by atoms with van der Waals surface area (Å²) in [5.74, 6) is 1.24. The second-order valence-electron chi connectivity index (χ2n) is 7.55. The molecule has 5 rings (SSSR count). The lowest BCUT2D eigenvalue weighted by atomic mass is 9.93. The maximum Gasteiger partial charge on any atom is 0.244 e. The molecular weight excluding hydrogens is 374 g/mol. The average Bonchev–Trinajstić information content (AvgIpc) is 3.10. The number of piperidine rings is 1. The van der Waals surface area contributed by atoms with Crippen molar-refractivity contribution in [2.24, 2.45) is 5.92 Å². The Morgan fingerprint density at radius 2 is 1.79 bits per heavy atom. The third-order valence-corrected chi connectivity index (χ3v) is 7.18. The van der Waals surface area contributed by atoms with Crippen LogP contribution in [0.5, 0.6) is 0 Å². The molecular formula is C20H23N5O2S. The zero-order valence-corrected chi connectivity index (χ0v) is 16.2. The number of aromatic nitrogens is 2. The molecule has 0 saturated carbocycles. The first-order valence-corrected chi connectivity index (χ1v) is 11.1. The monoisotopic (exact) mass is 397 g/mol. The predicted octanol–water partition coefficient (Wildman–Crippen LogP) is 2.50. The fourth-order valence-corrected chi connectivity index (χ4v) is 5.59. The molecule has 1 fully saturated rings. The van der Waals surface area contributed by atoms with E-state index in [1.54, 1.807) is 12.1 Å². The molecule has 0 radical (unpaired) electrons. The van der Waals surface area contributed by atoms with Crippen LogP contribution in [0.1, 0.15) is 18.7 Å². The highest BCUT2D eigenvalue weighted by Crippen LogP contribution is 2.31. The van der Waals surface area contributed by atoms with Crippen LogP contribution in [0.3, 0.4) is 0 Å². The van der Waals surface area contributed by atoms with Gasteiger partial charge in [0.05, 0.1) is 29.4 Å². The fraction of sp³-hybridized carbons (Fsp3) is 0.350. The van der Waals surface area contributed by atoms with E-state index in [2.05, 4.69) is 24.9 Å². The first-order valence-electron chi connectivity index (χ1n) is 9.62. The Morgan fingerprint density at radius 1 is 1.04 bits per heavy atom. The van der Waals surface area contributed by atoms with Crippen LogP contribution in [0.25, 0.3) is 11.0 Å². The van der Waals surface area contributed by atoms with Gasteiger partial charge in [-0.2, -0.15) is 4.72 Å². The number of para-hydroxylation sites is 3. The quantitative estimate of drug-likeness (QED) is 0.632. The van der Waals surface area contributed by atoms with E-state index in [0.29, 0.717) is 10.6 Å². The first kappa shape index (κ1) is 17.7. The summed E-state index contributed by atoms with van der Waals surface area (Å²) in [6, 6.07) is 15.1. The summed E-state index contributed by atoms with van der Waals surface area (Å²) < 4.78 is 27.9. The SMILES string of the molecule is O=S1(=O)N[C@H](C2CCN(Cc3nc4ccccc4[nH]3)CC2)Nc2ccccc21. The number of hydrogen-bond acceptors (Lipinski definition) is 5. The zero-order chi connectivity index (χ0) is 19.1. The molecule has 3 aromatic rings. The van der Waals surface area contributed by atoms with Gasteiger partial charge >= 0.3 is 0 Å². The van der Waals surface area contributed by atoms with Crippen LogP contribution in [0.2, 0.25) is 0 Å². The first-order chi connectivity index (χ1) is 13.6. The van der Waals surface area contributed by atoms with Crippen LogP contribution in [-0.4, -0.2) is 42.5 Å². The minimum atomic E-state index is -3.46. The minimum Gasteiger partial charge on any atom is -0.368 e. The summed E-state index contributed by atoms with van der Waals surface area (Å²) in [5.41, 5.74) is 2.75. The minimum absolute atomic E-state index is 0.256. The van der Waals surface area contributed by atoms with Gasteiger partial charge in [0.25, 0.3) is 0 Å². The maximum absolute atomic E-state index is 12.5. The molecule has 8 heteroatoms. The van der Waals surface area contributed by atoms with Gasteiger partial charge in [-0.05, 0) is 56.1 Å². The Balaban J connectivity index is 1.24. The van der Waals surface area contributed by atoms with Crippen molar-refractivity contribution in [3.63, 3.8) is 0 Å². The smallest absolute Gasteiger partial charge is 0.244 e. The van der Waals surface area contributed by atoms with Crippen molar-refractivity contribution in [3.8, 4) is 0 Å². The molecule has 1 aromatic heterocycles. The number of H-pyrrole nitrogens is 1. The van der Waals surface area contributed by atoms with Crippen molar-refractivity contribution >= 4 is 26.7 Å². The molecule has 7 nitrogen and oxygen atoms in total. The summed E-state index contributed by atoms with van der Waals surface area (Å²) in [7, 11) is -3.46. The largest absolute Gasteiger partial charge is 0.368 e. The second kappa shape index (κ2) is 6.88. The van der Waals surface area contributed by atoms with Gasteiger partial charge in [-0.1, -0.05) is 24.3 Å². The molecule has 1 saturated heterocycles. The number of nitrogens with zero attached hydrogens (tertiary/aromatic N) is 2. The number of hydrogen-bond donors (Lipinski definition) is 3. The van der Waals surface area contributed by atoms with Gasteiger partial charge in [0.2, 0.25) is 10.0 Å². The van der Waals surface area contributed by atoms with Crippen LogP contribution in [0, 0.1) is 5.92 Å². The number of sulfonamides is 1. The van der Waals surface area contributed by atoms with Gasteiger partial charge in [-0.25, -0.2) is 13.4 Å². The molecule has 2 aromatic carbocycles. The number of fused-ring (bicyclic) bond motifs is 2. The van der Waals surface area contributed by atoms with E-state index in [1.807, 2.05) is 36.4 Å². The molecule has 146 valence electrons. The molecule has 1 atom stereocenters. The van der Waals surface area contributed by atoms with E-state index in [9.17, 15) is 8.42 Å². The Labute approximate surface area is 164 Å². The fourth-order valence-electron chi connectivity index (χ4n) is 4.20. The standard InChI is InChI=1S/C20H23N5O2S/c26-28(27)18-8-4-3-7-17(18)23-20(24-28)14-9-11-25(12-10-14)13-19-21-15-5-1-2-6-16(15)22-19/h1-8,14,20,23-24H,9-13H2,(H,21,22)/t20-/m1/s1. The normalized spacial score (nSPS) is 22.6. The molecule has 2 aliphatic rings. The van der Waals surface area contributed by atoms with Crippen molar-refractivity contribution < 1.29 is 8.42 Å². The van der Waals surface area contributed by atoms with Gasteiger partial charge < -0.3 is 10.3 Å². The molecule has 28 heavy (non-hydrogen) atoms. The highest BCUT2D eigenvalue weighted by molar-refractivity contribution is 7.89.